The summed E-state index contributed by atoms with van der Waals surface area (Å²) in [6, 6.07) is 1.32. The molecule has 2 N–H and O–H groups in total. The van der Waals surface area contributed by atoms with Gasteiger partial charge in [0.05, 0.1) is 0 Å². The average molecular weight is 271 g/mol. The maximum absolute atomic E-state index is 5.98. The Morgan fingerprint density at radius 3 is 2.11 bits per heavy atom. The monoisotopic (exact) mass is 271 g/mol. The number of rotatable bonds is 4. The third-order valence-electron chi connectivity index (χ3n) is 4.49. The molecule has 0 spiro atoms. The summed E-state index contributed by atoms with van der Waals surface area (Å²) < 4.78 is 0. The minimum atomic E-state index is 0. The fraction of sp³-hybridized carbons (Fsp3) is 1.00. The van der Waals surface area contributed by atoms with Gasteiger partial charge in [-0.1, -0.05) is 27.2 Å². The van der Waals surface area contributed by atoms with E-state index in [4.69, 9.17) is 5.73 Å². The quantitative estimate of drug-likeness (QED) is 0.853. The zero-order valence-electron chi connectivity index (χ0n) is 13.4. The van der Waals surface area contributed by atoms with E-state index < -0.39 is 0 Å². The molecule has 0 aromatic rings. The predicted molar refractivity (Wildman–Crippen MR) is 86.6 cm³/mol. The predicted octanol–water partition coefficient (Wildman–Crippen LogP) is 2.95. The maximum Gasteiger partial charge on any atom is 0.0113 e. The fourth-order valence-electron chi connectivity index (χ4n) is 3.20. The van der Waals surface area contributed by atoms with Crippen LogP contribution in [0, 0.1) is 0 Å². The van der Waals surface area contributed by atoms with Crippen LogP contribution >= 0.6 is 0 Å². The molecule has 3 nitrogen and oxygen atoms in total. The van der Waals surface area contributed by atoms with Crippen LogP contribution in [-0.2, 0) is 0 Å². The summed E-state index contributed by atoms with van der Waals surface area (Å²) in [5.74, 6) is 0. The van der Waals surface area contributed by atoms with Gasteiger partial charge in [0.25, 0.3) is 0 Å². The Balaban J connectivity index is 0.00000115. The van der Waals surface area contributed by atoms with E-state index in [9.17, 15) is 0 Å². The standard InChI is InChI=1S/C14H29N3.C2H6.H2/c1-2-3-8-16-9-11-17(12-10-16)14-6-4-13(15)5-7-14;1-2;/h13-14H,2-12,15H2,1H3;1-2H3;1H. The highest BCUT2D eigenvalue weighted by Crippen LogP contribution is 2.23. The van der Waals surface area contributed by atoms with Gasteiger partial charge in [0.1, 0.15) is 0 Å². The lowest BCUT2D eigenvalue weighted by Gasteiger charge is -2.41. The van der Waals surface area contributed by atoms with Crippen LogP contribution in [0.5, 0.6) is 0 Å². The molecule has 1 saturated heterocycles. The number of hydrogen-bond acceptors (Lipinski definition) is 3. The second-order valence-corrected chi connectivity index (χ2v) is 5.80. The Kier molecular flexibility index (Phi) is 8.67. The second-order valence-electron chi connectivity index (χ2n) is 5.80. The molecule has 0 radical (unpaired) electrons. The van der Waals surface area contributed by atoms with Crippen molar-refractivity contribution in [1.29, 1.82) is 0 Å². The van der Waals surface area contributed by atoms with Gasteiger partial charge in [0, 0.05) is 39.7 Å². The van der Waals surface area contributed by atoms with Crippen molar-refractivity contribution in [2.24, 2.45) is 5.73 Å². The molecule has 0 bridgehead atoms. The number of hydrogen-bond donors (Lipinski definition) is 1. The van der Waals surface area contributed by atoms with Crippen LogP contribution in [0.3, 0.4) is 0 Å². The molecular weight excluding hydrogens is 234 g/mol. The van der Waals surface area contributed by atoms with E-state index in [2.05, 4.69) is 16.7 Å². The molecule has 1 saturated carbocycles. The van der Waals surface area contributed by atoms with Crippen LogP contribution in [0.25, 0.3) is 0 Å². The second kappa shape index (κ2) is 9.73. The molecule has 0 amide bonds. The van der Waals surface area contributed by atoms with Gasteiger partial charge in [-0.2, -0.15) is 0 Å². The number of nitrogens with two attached hydrogens (primary N) is 1. The van der Waals surface area contributed by atoms with Crippen LogP contribution in [0.1, 0.15) is 60.7 Å². The molecule has 19 heavy (non-hydrogen) atoms. The number of unbranched alkanes of at least 4 members (excludes halogenated alkanes) is 1. The van der Waals surface area contributed by atoms with Crippen molar-refractivity contribution in [2.45, 2.75) is 71.4 Å². The van der Waals surface area contributed by atoms with Crippen molar-refractivity contribution in [2.75, 3.05) is 32.7 Å². The Morgan fingerprint density at radius 1 is 1.00 bits per heavy atom. The van der Waals surface area contributed by atoms with Crippen molar-refractivity contribution < 1.29 is 1.43 Å². The number of piperazine rings is 1. The summed E-state index contributed by atoms with van der Waals surface area (Å²) in [4.78, 5) is 5.35. The normalized spacial score (nSPS) is 29.7. The summed E-state index contributed by atoms with van der Waals surface area (Å²) in [5, 5.41) is 0. The highest BCUT2D eigenvalue weighted by Gasteiger charge is 2.26. The minimum absolute atomic E-state index is 0. The zero-order valence-corrected chi connectivity index (χ0v) is 13.4. The van der Waals surface area contributed by atoms with Crippen molar-refractivity contribution in [3.8, 4) is 0 Å². The number of nitrogens with zero attached hydrogens (tertiary/aromatic N) is 2. The van der Waals surface area contributed by atoms with Crippen LogP contribution in [-0.4, -0.2) is 54.6 Å². The van der Waals surface area contributed by atoms with E-state index in [0.717, 1.165) is 6.04 Å². The summed E-state index contributed by atoms with van der Waals surface area (Å²) >= 11 is 0. The SMILES string of the molecule is CC.CCCCN1CCN(C2CCC(N)CC2)CC1.[HH]. The molecule has 116 valence electrons. The molecule has 3 heteroatoms. The van der Waals surface area contributed by atoms with Gasteiger partial charge in [-0.3, -0.25) is 4.90 Å². The third kappa shape index (κ3) is 5.80. The molecule has 1 heterocycles. The first kappa shape index (κ1) is 16.9. The van der Waals surface area contributed by atoms with Crippen LogP contribution in [0.2, 0.25) is 0 Å². The summed E-state index contributed by atoms with van der Waals surface area (Å²) in [5.41, 5.74) is 5.98. The van der Waals surface area contributed by atoms with Crippen molar-refractivity contribution in [1.82, 2.24) is 9.80 Å². The third-order valence-corrected chi connectivity index (χ3v) is 4.49. The van der Waals surface area contributed by atoms with Gasteiger partial charge in [0.2, 0.25) is 0 Å². The molecule has 2 rings (SSSR count). The molecule has 0 atom stereocenters. The van der Waals surface area contributed by atoms with Gasteiger partial charge in [-0.15, -0.1) is 0 Å². The average Bonchev–Trinajstić information content (AvgIpc) is 2.49. The highest BCUT2D eigenvalue weighted by atomic mass is 15.3. The molecule has 0 unspecified atom stereocenters. The van der Waals surface area contributed by atoms with Crippen molar-refractivity contribution in [3.05, 3.63) is 0 Å². The fourth-order valence-corrected chi connectivity index (χ4v) is 3.20. The highest BCUT2D eigenvalue weighted by molar-refractivity contribution is 4.84. The largest absolute Gasteiger partial charge is 0.328 e. The summed E-state index contributed by atoms with van der Waals surface area (Å²) in [6.07, 6.45) is 7.81. The van der Waals surface area contributed by atoms with Crippen molar-refractivity contribution in [3.63, 3.8) is 0 Å². The summed E-state index contributed by atoms with van der Waals surface area (Å²) in [6.45, 7) is 12.7. The lowest BCUT2D eigenvalue weighted by atomic mass is 9.90. The van der Waals surface area contributed by atoms with Crippen LogP contribution < -0.4 is 5.73 Å². The minimum Gasteiger partial charge on any atom is -0.328 e. The van der Waals surface area contributed by atoms with Gasteiger partial charge >= 0.3 is 0 Å². The maximum atomic E-state index is 5.98. The van der Waals surface area contributed by atoms with Crippen molar-refractivity contribution >= 4 is 0 Å². The lowest BCUT2D eigenvalue weighted by Crippen LogP contribution is -2.51. The molecule has 1 aliphatic carbocycles. The zero-order chi connectivity index (χ0) is 14.1. The Bertz CT molecular complexity index is 210. The van der Waals surface area contributed by atoms with Gasteiger partial charge < -0.3 is 10.6 Å². The Morgan fingerprint density at radius 2 is 1.58 bits per heavy atom. The van der Waals surface area contributed by atoms with E-state index in [0.29, 0.717) is 6.04 Å². The molecular formula is C16H37N3. The molecule has 2 aliphatic rings. The Hall–Kier alpha value is -0.120. The first-order valence-corrected chi connectivity index (χ1v) is 8.51. The van der Waals surface area contributed by atoms with Gasteiger partial charge in [0.15, 0.2) is 0 Å². The molecule has 1 aliphatic heterocycles. The first-order valence-electron chi connectivity index (χ1n) is 8.51. The van der Waals surface area contributed by atoms with E-state index in [1.165, 1.54) is 71.2 Å². The van der Waals surface area contributed by atoms with E-state index in [1.807, 2.05) is 13.8 Å². The van der Waals surface area contributed by atoms with E-state index >= 15 is 0 Å². The Labute approximate surface area is 122 Å². The van der Waals surface area contributed by atoms with Crippen LogP contribution in [0.4, 0.5) is 0 Å². The van der Waals surface area contributed by atoms with E-state index in [1.54, 1.807) is 0 Å². The van der Waals surface area contributed by atoms with Gasteiger partial charge in [-0.05, 0) is 38.6 Å². The van der Waals surface area contributed by atoms with Gasteiger partial charge in [-0.25, -0.2) is 0 Å². The molecule has 0 aromatic carbocycles. The van der Waals surface area contributed by atoms with E-state index in [-0.39, 0.29) is 1.43 Å². The molecule has 2 fully saturated rings. The molecule has 0 aromatic heterocycles. The lowest BCUT2D eigenvalue weighted by molar-refractivity contribution is 0.0758. The smallest absolute Gasteiger partial charge is 0.0113 e. The summed E-state index contributed by atoms with van der Waals surface area (Å²) in [7, 11) is 0. The topological polar surface area (TPSA) is 32.5 Å². The first-order chi connectivity index (χ1) is 9.29. The van der Waals surface area contributed by atoms with Crippen LogP contribution in [0.15, 0.2) is 0 Å².